The number of hydrogen-bond donors (Lipinski definition) is 2. The molecule has 1 unspecified atom stereocenters. The van der Waals surface area contributed by atoms with Gasteiger partial charge in [-0.2, -0.15) is 5.26 Å². The summed E-state index contributed by atoms with van der Waals surface area (Å²) in [4.78, 5) is 22.3. The summed E-state index contributed by atoms with van der Waals surface area (Å²) in [6.07, 6.45) is 13.7. The summed E-state index contributed by atoms with van der Waals surface area (Å²) in [6.45, 7) is 0.920. The molecule has 1 atom stereocenters. The molecular weight excluding hydrogens is 526 g/mol. The third-order valence-corrected chi connectivity index (χ3v) is 8.06. The molecule has 42 heavy (non-hydrogen) atoms. The van der Waals surface area contributed by atoms with Gasteiger partial charge in [0.1, 0.15) is 18.4 Å². The van der Waals surface area contributed by atoms with Gasteiger partial charge in [-0.15, -0.1) is 0 Å². The zero-order valence-electron chi connectivity index (χ0n) is 24.0. The van der Waals surface area contributed by atoms with Crippen LogP contribution in [0.2, 0.25) is 0 Å². The normalized spacial score (nSPS) is 19.3. The Kier molecular flexibility index (Phi) is 9.30. The molecule has 8 heteroatoms. The van der Waals surface area contributed by atoms with Gasteiger partial charge in [0.15, 0.2) is 0 Å². The van der Waals surface area contributed by atoms with E-state index in [1.54, 1.807) is 19.4 Å². The van der Waals surface area contributed by atoms with Gasteiger partial charge < -0.3 is 20.1 Å². The zero-order chi connectivity index (χ0) is 29.3. The molecule has 2 aromatic carbocycles. The summed E-state index contributed by atoms with van der Waals surface area (Å²) in [5.74, 6) is 0.837. The first-order chi connectivity index (χ1) is 20.5. The van der Waals surface area contributed by atoms with Crippen molar-refractivity contribution in [2.75, 3.05) is 20.3 Å². The summed E-state index contributed by atoms with van der Waals surface area (Å²) in [6, 6.07) is 21.7. The molecule has 5 rings (SSSR count). The molecule has 0 saturated heterocycles. The average Bonchev–Trinajstić information content (AvgIpc) is 3.04. The van der Waals surface area contributed by atoms with E-state index < -0.39 is 11.1 Å². The topological polar surface area (TPSA) is 109 Å². The fraction of sp³-hybridized carbons (Fsp3) is 0.353. The number of nitrogens with zero attached hydrogens (tertiary/aromatic N) is 3. The number of allylic oxidation sites excluding steroid dienone is 2. The molecule has 1 saturated carbocycles. The molecule has 8 nitrogen and oxygen atoms in total. The molecule has 2 amide bonds. The Hall–Kier alpha value is -4.48. The zero-order valence-corrected chi connectivity index (χ0v) is 24.0. The number of nitrogens with one attached hydrogen (secondary N) is 2. The van der Waals surface area contributed by atoms with E-state index >= 15 is 0 Å². The van der Waals surface area contributed by atoms with E-state index in [0.29, 0.717) is 18.7 Å². The van der Waals surface area contributed by atoms with Crippen LogP contribution < -0.4 is 15.4 Å². The number of hydrogen-bond acceptors (Lipinski definition) is 6. The largest absolute Gasteiger partial charge is 0.491 e. The lowest BCUT2D eigenvalue weighted by Crippen LogP contribution is -2.59. The van der Waals surface area contributed by atoms with Crippen LogP contribution in [0, 0.1) is 11.3 Å². The second-order valence-electron chi connectivity index (χ2n) is 11.0. The maximum Gasteiger partial charge on any atom is 0.316 e. The number of benzene rings is 2. The Morgan fingerprint density at radius 3 is 2.50 bits per heavy atom. The van der Waals surface area contributed by atoms with E-state index in [-0.39, 0.29) is 18.5 Å². The molecule has 0 aliphatic heterocycles. The number of ether oxygens (including phenoxy) is 2. The fourth-order valence-corrected chi connectivity index (χ4v) is 5.70. The Balaban J connectivity index is 1.36. The second-order valence-corrected chi connectivity index (χ2v) is 11.0. The molecule has 2 aliphatic carbocycles. The number of nitriles is 1. The molecule has 1 fully saturated rings. The van der Waals surface area contributed by atoms with Crippen LogP contribution in [0.15, 0.2) is 85.1 Å². The van der Waals surface area contributed by atoms with Gasteiger partial charge in [0, 0.05) is 13.3 Å². The van der Waals surface area contributed by atoms with Crippen molar-refractivity contribution < 1.29 is 14.3 Å². The van der Waals surface area contributed by atoms with Crippen LogP contribution in [0.3, 0.4) is 0 Å². The van der Waals surface area contributed by atoms with Crippen LogP contribution in [0.4, 0.5) is 4.79 Å². The van der Waals surface area contributed by atoms with Crippen molar-refractivity contribution in [1.82, 2.24) is 20.6 Å². The minimum absolute atomic E-state index is 0.103. The van der Waals surface area contributed by atoms with E-state index in [1.165, 1.54) is 5.56 Å². The van der Waals surface area contributed by atoms with Crippen molar-refractivity contribution >= 4 is 11.6 Å². The van der Waals surface area contributed by atoms with Gasteiger partial charge in [0.05, 0.1) is 23.4 Å². The van der Waals surface area contributed by atoms with Gasteiger partial charge in [-0.1, -0.05) is 80.0 Å². The van der Waals surface area contributed by atoms with Crippen molar-refractivity contribution in [2.24, 2.45) is 0 Å². The Morgan fingerprint density at radius 2 is 1.81 bits per heavy atom. The predicted octanol–water partition coefficient (Wildman–Crippen LogP) is 5.86. The first kappa shape index (κ1) is 29.0. The van der Waals surface area contributed by atoms with Gasteiger partial charge in [-0.3, -0.25) is 0 Å². The molecule has 0 bridgehead atoms. The van der Waals surface area contributed by atoms with Gasteiger partial charge in [0.25, 0.3) is 0 Å². The smallest absolute Gasteiger partial charge is 0.316 e. The van der Waals surface area contributed by atoms with Crippen molar-refractivity contribution in [1.29, 1.82) is 5.26 Å². The highest BCUT2D eigenvalue weighted by Gasteiger charge is 2.39. The summed E-state index contributed by atoms with van der Waals surface area (Å²) in [5.41, 5.74) is 2.64. The van der Waals surface area contributed by atoms with Crippen molar-refractivity contribution in [3.05, 3.63) is 108 Å². The summed E-state index contributed by atoms with van der Waals surface area (Å²) < 4.78 is 11.5. The molecule has 1 heterocycles. The quantitative estimate of drug-likeness (QED) is 0.320. The third kappa shape index (κ3) is 7.04. The SMILES string of the molecule is COCCc1ccc(OCC2(NC(=O)NC3(c4ccnc(C#N)n4)CCCCC3)C=CC(c3ccccc3)=CC2)cc1. The van der Waals surface area contributed by atoms with Crippen molar-refractivity contribution in [3.8, 4) is 11.8 Å². The van der Waals surface area contributed by atoms with Crippen LogP contribution in [0.5, 0.6) is 5.75 Å². The van der Waals surface area contributed by atoms with Crippen molar-refractivity contribution in [2.45, 2.75) is 56.0 Å². The highest BCUT2D eigenvalue weighted by molar-refractivity contribution is 5.79. The van der Waals surface area contributed by atoms with Crippen LogP contribution in [-0.4, -0.2) is 41.9 Å². The number of urea groups is 1. The highest BCUT2D eigenvalue weighted by Crippen LogP contribution is 2.36. The molecular formula is C34H37N5O3. The Morgan fingerprint density at radius 1 is 1.02 bits per heavy atom. The number of methoxy groups -OCH3 is 1. The van der Waals surface area contributed by atoms with Crippen molar-refractivity contribution in [3.63, 3.8) is 0 Å². The number of amides is 2. The Bertz CT molecular complexity index is 1460. The van der Waals surface area contributed by atoms with Crippen LogP contribution in [0.25, 0.3) is 5.57 Å². The lowest BCUT2D eigenvalue weighted by molar-refractivity contribution is 0.177. The third-order valence-electron chi connectivity index (χ3n) is 8.06. The van der Waals surface area contributed by atoms with E-state index in [1.807, 2.05) is 54.6 Å². The molecule has 1 aromatic heterocycles. The first-order valence-corrected chi connectivity index (χ1v) is 14.5. The number of carbonyl (C=O) groups excluding carboxylic acids is 1. The van der Waals surface area contributed by atoms with Crippen LogP contribution in [-0.2, 0) is 16.7 Å². The lowest BCUT2D eigenvalue weighted by Gasteiger charge is -2.40. The van der Waals surface area contributed by atoms with E-state index in [9.17, 15) is 10.1 Å². The predicted molar refractivity (Wildman–Crippen MR) is 162 cm³/mol. The Labute approximate surface area is 247 Å². The highest BCUT2D eigenvalue weighted by atomic mass is 16.5. The minimum Gasteiger partial charge on any atom is -0.491 e. The fourth-order valence-electron chi connectivity index (χ4n) is 5.70. The monoisotopic (exact) mass is 563 g/mol. The first-order valence-electron chi connectivity index (χ1n) is 14.5. The number of carbonyl (C=O) groups is 1. The van der Waals surface area contributed by atoms with Gasteiger partial charge in [-0.25, -0.2) is 14.8 Å². The van der Waals surface area contributed by atoms with Crippen LogP contribution in [0.1, 0.15) is 61.2 Å². The number of rotatable bonds is 10. The summed E-state index contributed by atoms with van der Waals surface area (Å²) >= 11 is 0. The van der Waals surface area contributed by atoms with Gasteiger partial charge >= 0.3 is 6.03 Å². The van der Waals surface area contributed by atoms with E-state index in [0.717, 1.165) is 55.4 Å². The number of aromatic nitrogens is 2. The maximum absolute atomic E-state index is 13.8. The van der Waals surface area contributed by atoms with E-state index in [4.69, 9.17) is 9.47 Å². The second kappa shape index (κ2) is 13.5. The molecule has 216 valence electrons. The maximum atomic E-state index is 13.8. The molecule has 2 aliphatic rings. The molecule has 3 aromatic rings. The summed E-state index contributed by atoms with van der Waals surface area (Å²) in [7, 11) is 1.70. The van der Waals surface area contributed by atoms with E-state index in [2.05, 4.69) is 44.9 Å². The summed E-state index contributed by atoms with van der Waals surface area (Å²) in [5, 5.41) is 15.9. The van der Waals surface area contributed by atoms with Gasteiger partial charge in [-0.05, 0) is 60.6 Å². The van der Waals surface area contributed by atoms with Gasteiger partial charge in [0.2, 0.25) is 5.82 Å². The molecule has 2 N–H and O–H groups in total. The average molecular weight is 564 g/mol. The van der Waals surface area contributed by atoms with Crippen LogP contribution >= 0.6 is 0 Å². The standard InChI is InChI=1S/C34H37N5O3/c1-41-23-17-26-10-12-29(13-11-26)42-25-33(20-14-28(15-21-33)27-8-4-2-5-9-27)38-32(40)39-34(18-6-3-7-19-34)30-16-22-36-31(24-35)37-30/h2,4-5,8-16,20,22H,3,6-7,17-19,21,23,25H2,1H3,(H2,38,39,40). The minimum atomic E-state index is -0.767. The molecule has 0 spiro atoms. The lowest BCUT2D eigenvalue weighted by atomic mass is 9.79. The molecule has 0 radical (unpaired) electrons.